The first-order valence-electron chi connectivity index (χ1n) is 12.5. The number of nitrogens with zero attached hydrogens (tertiary/aromatic N) is 1. The third kappa shape index (κ3) is 5.41. The number of fused-ring (bicyclic) bond motifs is 1. The highest BCUT2D eigenvalue weighted by Crippen LogP contribution is 2.37. The highest BCUT2D eigenvalue weighted by atomic mass is 35.5. The van der Waals surface area contributed by atoms with Gasteiger partial charge in [-0.15, -0.1) is 0 Å². The molecule has 0 saturated carbocycles. The molecular weight excluding hydrogens is 512 g/mol. The minimum Gasteiger partial charge on any atom is -0.348 e. The number of aromatic nitrogens is 2. The van der Waals surface area contributed by atoms with Crippen LogP contribution in [0.25, 0.3) is 33.5 Å². The summed E-state index contributed by atoms with van der Waals surface area (Å²) in [4.78, 5) is 34.0. The first-order chi connectivity index (χ1) is 18.9. The van der Waals surface area contributed by atoms with Gasteiger partial charge in [-0.3, -0.25) is 14.8 Å². The van der Waals surface area contributed by atoms with Crippen molar-refractivity contribution in [2.45, 2.75) is 26.3 Å². The van der Waals surface area contributed by atoms with Crippen molar-refractivity contribution in [1.29, 1.82) is 0 Å². The Labute approximate surface area is 230 Å². The molecule has 0 saturated heterocycles. The lowest BCUT2D eigenvalue weighted by Gasteiger charge is -2.14. The number of amides is 2. The van der Waals surface area contributed by atoms with Crippen LogP contribution in [0, 0.1) is 0 Å². The van der Waals surface area contributed by atoms with E-state index in [1.807, 2.05) is 48.5 Å². The van der Waals surface area contributed by atoms with Crippen LogP contribution in [-0.4, -0.2) is 27.0 Å². The summed E-state index contributed by atoms with van der Waals surface area (Å²) in [6.45, 7) is 4.58. The van der Waals surface area contributed by atoms with E-state index in [1.165, 1.54) is 6.07 Å². The first kappa shape index (κ1) is 26.2. The molecule has 7 nitrogen and oxygen atoms in total. The zero-order valence-electron chi connectivity index (χ0n) is 21.5. The second-order valence-electron chi connectivity index (χ2n) is 9.54. The minimum atomic E-state index is -0.750. The molecule has 0 aliphatic heterocycles. The number of hydrogen-bond donors (Lipinski definition) is 4. The summed E-state index contributed by atoms with van der Waals surface area (Å²) in [6.07, 6.45) is 0. The van der Waals surface area contributed by atoms with Crippen LogP contribution in [0.1, 0.15) is 51.6 Å². The Morgan fingerprint density at radius 3 is 2.41 bits per heavy atom. The highest BCUT2D eigenvalue weighted by molar-refractivity contribution is 6.31. The normalized spacial score (nSPS) is 11.1. The van der Waals surface area contributed by atoms with Crippen LogP contribution in [0.15, 0.2) is 84.9 Å². The van der Waals surface area contributed by atoms with E-state index in [4.69, 9.17) is 16.6 Å². The van der Waals surface area contributed by atoms with E-state index >= 15 is 0 Å². The molecule has 0 aliphatic rings. The van der Waals surface area contributed by atoms with Gasteiger partial charge in [0.2, 0.25) is 0 Å². The predicted molar refractivity (Wildman–Crippen MR) is 153 cm³/mol. The van der Waals surface area contributed by atoms with Crippen molar-refractivity contribution in [3.05, 3.63) is 112 Å². The second kappa shape index (κ2) is 11.1. The molecule has 0 bridgehead atoms. The minimum absolute atomic E-state index is 0.118. The van der Waals surface area contributed by atoms with Gasteiger partial charge in [-0.2, -0.15) is 0 Å². The average molecular weight is 539 g/mol. The van der Waals surface area contributed by atoms with Crippen LogP contribution in [-0.2, 0) is 6.54 Å². The summed E-state index contributed by atoms with van der Waals surface area (Å²) in [5, 5.41) is 12.8. The summed E-state index contributed by atoms with van der Waals surface area (Å²) in [7, 11) is 0. The fraction of sp³-hybridized carbons (Fsp3) is 0.129. The van der Waals surface area contributed by atoms with Crippen molar-refractivity contribution < 1.29 is 14.8 Å². The lowest BCUT2D eigenvalue weighted by Crippen LogP contribution is -2.24. The number of rotatable bonds is 7. The van der Waals surface area contributed by atoms with E-state index < -0.39 is 5.91 Å². The van der Waals surface area contributed by atoms with Gasteiger partial charge in [0.15, 0.2) is 0 Å². The first-order valence-corrected chi connectivity index (χ1v) is 12.9. The third-order valence-corrected chi connectivity index (χ3v) is 6.85. The molecule has 0 aliphatic carbocycles. The molecule has 39 heavy (non-hydrogen) atoms. The van der Waals surface area contributed by atoms with Crippen LogP contribution in [0.2, 0.25) is 5.02 Å². The SMILES string of the molecule is CC(C)c1cccc2[nH]c(-c3ccc(Cl)cc3-c3ccc(C(=O)NCc4ccccc4)cc3C(=O)NO)nc12. The van der Waals surface area contributed by atoms with Gasteiger partial charge in [0.1, 0.15) is 5.82 Å². The smallest absolute Gasteiger partial charge is 0.275 e. The van der Waals surface area contributed by atoms with Gasteiger partial charge in [-0.05, 0) is 64.6 Å². The van der Waals surface area contributed by atoms with Gasteiger partial charge in [-0.1, -0.05) is 74.0 Å². The van der Waals surface area contributed by atoms with E-state index in [-0.39, 0.29) is 23.0 Å². The summed E-state index contributed by atoms with van der Waals surface area (Å²) in [5.74, 6) is -0.192. The Balaban J connectivity index is 1.58. The van der Waals surface area contributed by atoms with Crippen molar-refractivity contribution in [3.8, 4) is 22.5 Å². The molecule has 4 aromatic carbocycles. The Hall–Kier alpha value is -4.46. The van der Waals surface area contributed by atoms with Gasteiger partial charge in [0.05, 0.1) is 16.6 Å². The van der Waals surface area contributed by atoms with Crippen LogP contribution >= 0.6 is 11.6 Å². The second-order valence-corrected chi connectivity index (χ2v) is 9.98. The molecular formula is C31H27ClN4O3. The summed E-state index contributed by atoms with van der Waals surface area (Å²) in [5.41, 5.74) is 7.79. The standard InChI is InChI=1S/C31H27ClN4O3/c1-18(2)22-9-6-10-27-28(22)35-29(34-27)24-14-12-21(32)16-25(24)23-13-11-20(15-26(23)31(38)36-39)30(37)33-17-19-7-4-3-5-8-19/h3-16,18,39H,17H2,1-2H3,(H,33,37)(H,34,35)(H,36,38). The quantitative estimate of drug-likeness (QED) is 0.136. The van der Waals surface area contributed by atoms with E-state index in [2.05, 4.69) is 30.2 Å². The largest absolute Gasteiger partial charge is 0.348 e. The van der Waals surface area contributed by atoms with E-state index in [0.717, 1.165) is 27.7 Å². The Bertz CT molecular complexity index is 1680. The van der Waals surface area contributed by atoms with Crippen molar-refractivity contribution >= 4 is 34.4 Å². The molecule has 8 heteroatoms. The number of hydrogen-bond acceptors (Lipinski definition) is 4. The number of H-pyrrole nitrogens is 1. The number of benzene rings is 4. The summed E-state index contributed by atoms with van der Waals surface area (Å²) >= 11 is 6.40. The zero-order chi connectivity index (χ0) is 27.5. The van der Waals surface area contributed by atoms with E-state index in [1.54, 1.807) is 29.7 Å². The maximum Gasteiger partial charge on any atom is 0.275 e. The van der Waals surface area contributed by atoms with Gasteiger partial charge in [0, 0.05) is 22.7 Å². The van der Waals surface area contributed by atoms with Gasteiger partial charge in [-0.25, -0.2) is 10.5 Å². The maximum atomic E-state index is 12.9. The Kier molecular flexibility index (Phi) is 7.45. The topological polar surface area (TPSA) is 107 Å². The van der Waals surface area contributed by atoms with Gasteiger partial charge >= 0.3 is 0 Å². The Morgan fingerprint density at radius 1 is 0.897 bits per heavy atom. The fourth-order valence-electron chi connectivity index (χ4n) is 4.64. The molecule has 5 rings (SSSR count). The molecule has 196 valence electrons. The van der Waals surface area contributed by atoms with Crippen molar-refractivity contribution in [2.75, 3.05) is 0 Å². The van der Waals surface area contributed by atoms with Crippen LogP contribution in [0.5, 0.6) is 0 Å². The van der Waals surface area contributed by atoms with Crippen LogP contribution in [0.3, 0.4) is 0 Å². The lowest BCUT2D eigenvalue weighted by atomic mass is 9.93. The number of nitrogens with one attached hydrogen (secondary N) is 3. The molecule has 0 atom stereocenters. The Morgan fingerprint density at radius 2 is 1.67 bits per heavy atom. The van der Waals surface area contributed by atoms with Crippen molar-refractivity contribution in [3.63, 3.8) is 0 Å². The summed E-state index contributed by atoms with van der Waals surface area (Å²) in [6, 6.07) is 25.7. The fourth-order valence-corrected chi connectivity index (χ4v) is 4.81. The number of carbonyl (C=O) groups excluding carboxylic acids is 2. The molecule has 0 unspecified atom stereocenters. The number of halogens is 1. The monoisotopic (exact) mass is 538 g/mol. The number of imidazole rings is 1. The van der Waals surface area contributed by atoms with Crippen molar-refractivity contribution in [2.24, 2.45) is 0 Å². The van der Waals surface area contributed by atoms with Crippen molar-refractivity contribution in [1.82, 2.24) is 20.8 Å². The maximum absolute atomic E-state index is 12.9. The van der Waals surface area contributed by atoms with E-state index in [9.17, 15) is 14.8 Å². The molecule has 0 radical (unpaired) electrons. The highest BCUT2D eigenvalue weighted by Gasteiger charge is 2.21. The van der Waals surface area contributed by atoms with Crippen LogP contribution in [0.4, 0.5) is 0 Å². The molecule has 4 N–H and O–H groups in total. The van der Waals surface area contributed by atoms with Crippen LogP contribution < -0.4 is 10.8 Å². The average Bonchev–Trinajstić information content (AvgIpc) is 3.40. The van der Waals surface area contributed by atoms with E-state index in [0.29, 0.717) is 28.5 Å². The zero-order valence-corrected chi connectivity index (χ0v) is 22.2. The molecule has 1 heterocycles. The number of aromatic amines is 1. The number of carbonyl (C=O) groups is 2. The molecule has 1 aromatic heterocycles. The molecule has 0 spiro atoms. The summed E-state index contributed by atoms with van der Waals surface area (Å²) < 4.78 is 0. The third-order valence-electron chi connectivity index (χ3n) is 6.62. The lowest BCUT2D eigenvalue weighted by molar-refractivity contribution is 0.0707. The van der Waals surface area contributed by atoms with Gasteiger partial charge < -0.3 is 10.3 Å². The molecule has 2 amide bonds. The number of para-hydroxylation sites is 1. The predicted octanol–water partition coefficient (Wildman–Crippen LogP) is 6.72. The number of hydroxylamine groups is 1. The molecule has 0 fully saturated rings. The molecule has 5 aromatic rings. The van der Waals surface area contributed by atoms with Gasteiger partial charge in [0.25, 0.3) is 11.8 Å².